The Labute approximate surface area is 242 Å². The fourth-order valence-corrected chi connectivity index (χ4v) is 5.29. The first kappa shape index (κ1) is 29.1. The number of nitrogens with zero attached hydrogens (tertiary/aromatic N) is 5. The highest BCUT2D eigenvalue weighted by atomic mass is 19.1. The van der Waals surface area contributed by atoms with Crippen molar-refractivity contribution in [3.63, 3.8) is 0 Å². The molecule has 0 saturated carbocycles. The van der Waals surface area contributed by atoms with Crippen molar-refractivity contribution in [3.05, 3.63) is 88.6 Å². The second-order valence-corrected chi connectivity index (χ2v) is 10.5. The molecule has 0 amide bonds. The molecule has 0 bridgehead atoms. The van der Waals surface area contributed by atoms with Gasteiger partial charge in [0.05, 0.1) is 47.4 Å². The van der Waals surface area contributed by atoms with E-state index in [4.69, 9.17) is 15.0 Å². The molecule has 1 aliphatic rings. The summed E-state index contributed by atoms with van der Waals surface area (Å²) in [7, 11) is 0. The highest BCUT2D eigenvalue weighted by Crippen LogP contribution is 2.29. The molecule has 0 radical (unpaired) electrons. The number of carboxylic acid groups (broad SMARTS) is 1. The molecule has 1 saturated heterocycles. The van der Waals surface area contributed by atoms with Crippen LogP contribution >= 0.6 is 0 Å². The number of hydrogen-bond donors (Lipinski definition) is 3. The van der Waals surface area contributed by atoms with Crippen molar-refractivity contribution in [2.75, 3.05) is 19.7 Å². The van der Waals surface area contributed by atoms with E-state index in [1.807, 2.05) is 22.8 Å². The Morgan fingerprint density at radius 2 is 1.95 bits per heavy atom. The molecule has 3 heterocycles. The minimum absolute atomic E-state index is 0.00833. The number of halogens is 1. The van der Waals surface area contributed by atoms with E-state index >= 15 is 0 Å². The van der Waals surface area contributed by atoms with Crippen LogP contribution in [0.5, 0.6) is 5.88 Å². The predicted molar refractivity (Wildman–Crippen MR) is 151 cm³/mol. The number of nitriles is 1. The van der Waals surface area contributed by atoms with E-state index in [2.05, 4.69) is 9.88 Å². The molecule has 0 aliphatic carbocycles. The summed E-state index contributed by atoms with van der Waals surface area (Å²) in [5.74, 6) is -0.161. The molecule has 42 heavy (non-hydrogen) atoms. The van der Waals surface area contributed by atoms with Crippen LogP contribution in [0.2, 0.25) is 0 Å². The minimum atomic E-state index is -1.03. The quantitative estimate of drug-likeness (QED) is 0.244. The lowest BCUT2D eigenvalue weighted by Crippen LogP contribution is -2.34. The highest BCUT2D eigenvalue weighted by Gasteiger charge is 2.24. The second-order valence-electron chi connectivity index (χ2n) is 10.5. The molecule has 3 N–H and O–H groups in total. The Bertz CT molecular complexity index is 1610. The SMILES string of the molecule is N#Cc1ccc(COc2cccc(C3CCN(Cc4nc5ccc(C(=O)O)cc5n4CC(O)CCO)CC3)n2)c(F)c1. The van der Waals surface area contributed by atoms with E-state index in [0.29, 0.717) is 29.0 Å². The summed E-state index contributed by atoms with van der Waals surface area (Å²) in [5, 5.41) is 38.1. The summed E-state index contributed by atoms with van der Waals surface area (Å²) < 4.78 is 21.8. The van der Waals surface area contributed by atoms with Gasteiger partial charge in [-0.3, -0.25) is 4.90 Å². The van der Waals surface area contributed by atoms with Crippen LogP contribution in [0.25, 0.3) is 11.0 Å². The van der Waals surface area contributed by atoms with Gasteiger partial charge in [-0.15, -0.1) is 0 Å². The summed E-state index contributed by atoms with van der Waals surface area (Å²) in [6.07, 6.45) is 1.13. The topological polar surface area (TPSA) is 145 Å². The fourth-order valence-electron chi connectivity index (χ4n) is 5.29. The third kappa shape index (κ3) is 6.74. The normalized spacial score (nSPS) is 15.0. The third-order valence-electron chi connectivity index (χ3n) is 7.60. The van der Waals surface area contributed by atoms with Gasteiger partial charge < -0.3 is 24.6 Å². The van der Waals surface area contributed by atoms with E-state index in [0.717, 1.165) is 37.4 Å². The number of aliphatic hydroxyl groups excluding tert-OH is 2. The Hall–Kier alpha value is -4.37. The molecule has 1 atom stereocenters. The maximum atomic E-state index is 14.2. The lowest BCUT2D eigenvalue weighted by Gasteiger charge is -2.31. The fraction of sp³-hybridized carbons (Fsp3) is 0.355. The molecule has 2 aromatic carbocycles. The summed E-state index contributed by atoms with van der Waals surface area (Å²) in [4.78, 5) is 23.3. The van der Waals surface area contributed by atoms with Crippen LogP contribution < -0.4 is 4.74 Å². The van der Waals surface area contributed by atoms with Gasteiger partial charge in [-0.2, -0.15) is 5.26 Å². The molecular formula is C31H32FN5O5. The van der Waals surface area contributed by atoms with Crippen molar-refractivity contribution in [1.29, 1.82) is 5.26 Å². The average Bonchev–Trinajstić information content (AvgIpc) is 3.32. The number of carboxylic acids is 1. The first-order valence-corrected chi connectivity index (χ1v) is 13.9. The first-order valence-electron chi connectivity index (χ1n) is 13.9. The Balaban J connectivity index is 1.24. The van der Waals surface area contributed by atoms with Gasteiger partial charge in [0.1, 0.15) is 18.2 Å². The van der Waals surface area contributed by atoms with Crippen LogP contribution in [0.3, 0.4) is 0 Å². The van der Waals surface area contributed by atoms with E-state index in [-0.39, 0.29) is 43.2 Å². The number of piperidine rings is 1. The number of rotatable bonds is 11. The van der Waals surface area contributed by atoms with Gasteiger partial charge in [-0.1, -0.05) is 12.1 Å². The maximum Gasteiger partial charge on any atom is 0.335 e. The van der Waals surface area contributed by atoms with Crippen molar-refractivity contribution >= 4 is 17.0 Å². The second kappa shape index (κ2) is 13.1. The van der Waals surface area contributed by atoms with E-state index in [1.165, 1.54) is 12.1 Å². The van der Waals surface area contributed by atoms with Gasteiger partial charge in [0, 0.05) is 29.8 Å². The lowest BCUT2D eigenvalue weighted by atomic mass is 9.93. The minimum Gasteiger partial charge on any atom is -0.478 e. The van der Waals surface area contributed by atoms with Crippen LogP contribution in [-0.2, 0) is 19.7 Å². The number of imidazole rings is 1. The summed E-state index contributed by atoms with van der Waals surface area (Å²) >= 11 is 0. The monoisotopic (exact) mass is 573 g/mol. The Kier molecular flexibility index (Phi) is 9.07. The maximum absolute atomic E-state index is 14.2. The highest BCUT2D eigenvalue weighted by molar-refractivity contribution is 5.92. The molecule has 218 valence electrons. The number of aromatic nitrogens is 3. The molecule has 1 aliphatic heterocycles. The van der Waals surface area contributed by atoms with Gasteiger partial charge in [-0.05, 0) is 68.8 Å². The predicted octanol–water partition coefficient (Wildman–Crippen LogP) is 3.84. The number of ether oxygens (including phenoxy) is 1. The van der Waals surface area contributed by atoms with Gasteiger partial charge in [0.15, 0.2) is 0 Å². The number of pyridine rings is 1. The molecule has 10 nitrogen and oxygen atoms in total. The molecule has 0 spiro atoms. The number of benzene rings is 2. The molecule has 1 fully saturated rings. The van der Waals surface area contributed by atoms with Crippen LogP contribution in [-0.4, -0.2) is 66.5 Å². The Morgan fingerprint density at radius 3 is 2.67 bits per heavy atom. The first-order chi connectivity index (χ1) is 20.3. The van der Waals surface area contributed by atoms with Crippen LogP contribution in [0.4, 0.5) is 4.39 Å². The lowest BCUT2D eigenvalue weighted by molar-refractivity contribution is 0.0697. The number of hydrogen-bond acceptors (Lipinski definition) is 8. The van der Waals surface area contributed by atoms with Gasteiger partial charge in [0.2, 0.25) is 5.88 Å². The number of aromatic carboxylic acids is 1. The van der Waals surface area contributed by atoms with Crippen molar-refractivity contribution in [2.45, 2.75) is 51.0 Å². The van der Waals surface area contributed by atoms with Crippen LogP contribution in [0.1, 0.15) is 58.2 Å². The zero-order chi connectivity index (χ0) is 29.6. The molecule has 11 heteroatoms. The zero-order valence-electron chi connectivity index (χ0n) is 23.0. The molecular weight excluding hydrogens is 541 g/mol. The van der Waals surface area contributed by atoms with Crippen molar-refractivity contribution in [2.24, 2.45) is 0 Å². The van der Waals surface area contributed by atoms with E-state index < -0.39 is 17.9 Å². The van der Waals surface area contributed by atoms with Crippen LogP contribution in [0, 0.1) is 17.1 Å². The largest absolute Gasteiger partial charge is 0.478 e. The average molecular weight is 574 g/mol. The van der Waals surface area contributed by atoms with Gasteiger partial charge >= 0.3 is 5.97 Å². The van der Waals surface area contributed by atoms with Crippen molar-refractivity contribution < 1.29 is 29.2 Å². The molecule has 4 aromatic rings. The number of aliphatic hydroxyl groups is 2. The van der Waals surface area contributed by atoms with E-state index in [9.17, 15) is 24.5 Å². The zero-order valence-corrected chi connectivity index (χ0v) is 23.0. The van der Waals surface area contributed by atoms with Gasteiger partial charge in [0.25, 0.3) is 0 Å². The van der Waals surface area contributed by atoms with Crippen molar-refractivity contribution in [3.8, 4) is 11.9 Å². The smallest absolute Gasteiger partial charge is 0.335 e. The standard InChI is InChI=1S/C31H32FN5O5/c32-25-14-20(16-33)4-5-23(25)19-42-30-3-1-2-26(35-30)21-8-11-36(12-9-21)18-29-34-27-7-6-22(31(40)41)15-28(27)37(29)17-24(39)10-13-38/h1-7,14-15,21,24,38-39H,8-13,17-19H2,(H,40,41). The summed E-state index contributed by atoms with van der Waals surface area (Å²) in [6.45, 7) is 2.17. The van der Waals surface area contributed by atoms with Crippen molar-refractivity contribution in [1.82, 2.24) is 19.4 Å². The van der Waals surface area contributed by atoms with Crippen LogP contribution in [0.15, 0.2) is 54.6 Å². The summed E-state index contributed by atoms with van der Waals surface area (Å²) in [6, 6.07) is 16.6. The number of carbonyl (C=O) groups is 1. The molecule has 5 rings (SSSR count). The Morgan fingerprint density at radius 1 is 1.14 bits per heavy atom. The number of likely N-dealkylation sites (tertiary alicyclic amines) is 1. The molecule has 1 unspecified atom stereocenters. The molecule has 2 aromatic heterocycles. The van der Waals surface area contributed by atoms with E-state index in [1.54, 1.807) is 30.3 Å². The summed E-state index contributed by atoms with van der Waals surface area (Å²) in [5.41, 5.74) is 2.96. The van der Waals surface area contributed by atoms with Gasteiger partial charge in [-0.25, -0.2) is 19.2 Å². The number of fused-ring (bicyclic) bond motifs is 1. The third-order valence-corrected chi connectivity index (χ3v) is 7.60.